The van der Waals surface area contributed by atoms with Crippen molar-refractivity contribution in [2.45, 2.75) is 32.7 Å². The van der Waals surface area contributed by atoms with Gasteiger partial charge in [-0.3, -0.25) is 4.99 Å². The fourth-order valence-electron chi connectivity index (χ4n) is 2.23. The van der Waals surface area contributed by atoms with Crippen LogP contribution in [0.3, 0.4) is 0 Å². The summed E-state index contributed by atoms with van der Waals surface area (Å²) in [6.07, 6.45) is 3.69. The van der Waals surface area contributed by atoms with E-state index in [1.165, 1.54) is 18.4 Å². The molecule has 0 aromatic heterocycles. The van der Waals surface area contributed by atoms with E-state index in [9.17, 15) is 0 Å². The van der Waals surface area contributed by atoms with Crippen LogP contribution in [0.5, 0.6) is 5.75 Å². The maximum atomic E-state index is 5.62. The summed E-state index contributed by atoms with van der Waals surface area (Å²) in [6.45, 7) is 6.01. The van der Waals surface area contributed by atoms with Crippen LogP contribution >= 0.6 is 24.0 Å². The van der Waals surface area contributed by atoms with Gasteiger partial charge in [0.25, 0.3) is 0 Å². The summed E-state index contributed by atoms with van der Waals surface area (Å²) in [4.78, 5) is 4.24. The summed E-state index contributed by atoms with van der Waals surface area (Å²) < 4.78 is 11.1. The number of ether oxygens (including phenoxy) is 2. The van der Waals surface area contributed by atoms with Crippen LogP contribution in [0, 0.1) is 5.92 Å². The van der Waals surface area contributed by atoms with Gasteiger partial charge in [0.2, 0.25) is 0 Å². The first-order valence-corrected chi connectivity index (χ1v) is 8.55. The van der Waals surface area contributed by atoms with Gasteiger partial charge in [-0.1, -0.05) is 12.1 Å². The summed E-state index contributed by atoms with van der Waals surface area (Å²) in [6, 6.07) is 8.11. The van der Waals surface area contributed by atoms with Crippen molar-refractivity contribution >= 4 is 29.9 Å². The van der Waals surface area contributed by atoms with E-state index in [2.05, 4.69) is 27.8 Å². The Balaban J connectivity index is 0.00000288. The van der Waals surface area contributed by atoms with E-state index >= 15 is 0 Å². The van der Waals surface area contributed by atoms with Crippen molar-refractivity contribution in [1.82, 2.24) is 10.6 Å². The van der Waals surface area contributed by atoms with Gasteiger partial charge in [-0.15, -0.1) is 24.0 Å². The van der Waals surface area contributed by atoms with Crippen molar-refractivity contribution in [3.05, 3.63) is 29.8 Å². The van der Waals surface area contributed by atoms with Crippen LogP contribution in [0.1, 0.15) is 31.7 Å². The Kier molecular flexibility index (Phi) is 10.8. The summed E-state index contributed by atoms with van der Waals surface area (Å²) >= 11 is 0. The smallest absolute Gasteiger partial charge is 0.191 e. The van der Waals surface area contributed by atoms with Crippen LogP contribution in [-0.4, -0.2) is 39.4 Å². The lowest BCUT2D eigenvalue weighted by Gasteiger charge is -2.12. The van der Waals surface area contributed by atoms with Gasteiger partial charge in [0.05, 0.1) is 6.61 Å². The van der Waals surface area contributed by atoms with Crippen LogP contribution in [0.4, 0.5) is 0 Å². The normalized spacial score (nSPS) is 14.0. The van der Waals surface area contributed by atoms with Gasteiger partial charge in [-0.25, -0.2) is 0 Å². The molecule has 2 rings (SSSR count). The third-order valence-corrected chi connectivity index (χ3v) is 3.70. The second kappa shape index (κ2) is 12.4. The Morgan fingerprint density at radius 2 is 2.12 bits per heavy atom. The molecule has 0 atom stereocenters. The van der Waals surface area contributed by atoms with Crippen LogP contribution in [0.15, 0.2) is 29.3 Å². The standard InChI is InChI=1S/C18H29N3O2.HI/c1-3-23-17-7-4-6-16(12-17)13-21-18(19-2)20-10-5-11-22-14-15-8-9-15;/h4,6-7,12,15H,3,5,8-11,13-14H2,1-2H3,(H2,19,20,21);1H. The number of nitrogens with one attached hydrogen (secondary N) is 2. The van der Waals surface area contributed by atoms with Gasteiger partial charge in [0.15, 0.2) is 5.96 Å². The largest absolute Gasteiger partial charge is 0.494 e. The average Bonchev–Trinajstić information content (AvgIpc) is 3.38. The molecule has 1 aliphatic carbocycles. The van der Waals surface area contributed by atoms with Crippen molar-refractivity contribution in [3.63, 3.8) is 0 Å². The molecule has 0 aliphatic heterocycles. The highest BCUT2D eigenvalue weighted by molar-refractivity contribution is 14.0. The molecule has 0 bridgehead atoms. The lowest BCUT2D eigenvalue weighted by atomic mass is 10.2. The van der Waals surface area contributed by atoms with Crippen LogP contribution in [0.25, 0.3) is 0 Å². The van der Waals surface area contributed by atoms with Gasteiger partial charge < -0.3 is 20.1 Å². The molecule has 6 heteroatoms. The molecule has 0 saturated heterocycles. The zero-order valence-electron chi connectivity index (χ0n) is 14.7. The second-order valence-corrected chi connectivity index (χ2v) is 5.80. The number of guanidine groups is 1. The highest BCUT2D eigenvalue weighted by atomic mass is 127. The highest BCUT2D eigenvalue weighted by Gasteiger charge is 2.20. The first kappa shape index (κ1) is 21.0. The molecule has 1 fully saturated rings. The summed E-state index contributed by atoms with van der Waals surface area (Å²) in [5.41, 5.74) is 1.17. The number of hydrogen-bond donors (Lipinski definition) is 2. The quantitative estimate of drug-likeness (QED) is 0.251. The number of rotatable bonds is 10. The number of nitrogens with zero attached hydrogens (tertiary/aromatic N) is 1. The fraction of sp³-hybridized carbons (Fsp3) is 0.611. The number of halogens is 1. The minimum atomic E-state index is 0. The van der Waals surface area contributed by atoms with Gasteiger partial charge in [-0.05, 0) is 49.8 Å². The van der Waals surface area contributed by atoms with E-state index in [-0.39, 0.29) is 24.0 Å². The predicted molar refractivity (Wildman–Crippen MR) is 109 cm³/mol. The third kappa shape index (κ3) is 8.73. The maximum absolute atomic E-state index is 5.62. The lowest BCUT2D eigenvalue weighted by molar-refractivity contribution is 0.123. The molecule has 136 valence electrons. The highest BCUT2D eigenvalue weighted by Crippen LogP contribution is 2.28. The first-order chi connectivity index (χ1) is 11.3. The Labute approximate surface area is 162 Å². The summed E-state index contributed by atoms with van der Waals surface area (Å²) in [7, 11) is 1.79. The van der Waals surface area contributed by atoms with Crippen molar-refractivity contribution < 1.29 is 9.47 Å². The van der Waals surface area contributed by atoms with E-state index in [0.717, 1.165) is 50.4 Å². The van der Waals surface area contributed by atoms with Gasteiger partial charge >= 0.3 is 0 Å². The predicted octanol–water partition coefficient (Wildman–Crippen LogP) is 3.19. The summed E-state index contributed by atoms with van der Waals surface area (Å²) in [5, 5.41) is 6.63. The molecule has 1 saturated carbocycles. The molecule has 0 amide bonds. The molecule has 0 spiro atoms. The molecule has 1 aliphatic rings. The minimum Gasteiger partial charge on any atom is -0.494 e. The van der Waals surface area contributed by atoms with Crippen LogP contribution < -0.4 is 15.4 Å². The molecular formula is C18H30IN3O2. The van der Waals surface area contributed by atoms with E-state index in [1.807, 2.05) is 19.1 Å². The molecule has 0 heterocycles. The zero-order valence-corrected chi connectivity index (χ0v) is 17.0. The van der Waals surface area contributed by atoms with Crippen molar-refractivity contribution in [2.75, 3.05) is 33.4 Å². The molecule has 0 radical (unpaired) electrons. The molecular weight excluding hydrogens is 417 g/mol. The first-order valence-electron chi connectivity index (χ1n) is 8.55. The molecule has 0 unspecified atom stereocenters. The Bertz CT molecular complexity index is 493. The molecule has 1 aromatic rings. The maximum Gasteiger partial charge on any atom is 0.191 e. The van der Waals surface area contributed by atoms with Gasteiger partial charge in [0, 0.05) is 33.4 Å². The minimum absolute atomic E-state index is 0. The van der Waals surface area contributed by atoms with Crippen LogP contribution in [0.2, 0.25) is 0 Å². The monoisotopic (exact) mass is 447 g/mol. The zero-order chi connectivity index (χ0) is 16.3. The Hall–Kier alpha value is -1.02. The van der Waals surface area contributed by atoms with Crippen LogP contribution in [-0.2, 0) is 11.3 Å². The number of hydrogen-bond acceptors (Lipinski definition) is 3. The fourth-order valence-corrected chi connectivity index (χ4v) is 2.23. The van der Waals surface area contributed by atoms with Crippen molar-refractivity contribution in [2.24, 2.45) is 10.9 Å². The molecule has 24 heavy (non-hydrogen) atoms. The van der Waals surface area contributed by atoms with E-state index in [0.29, 0.717) is 6.61 Å². The number of benzene rings is 1. The molecule has 1 aromatic carbocycles. The molecule has 5 nitrogen and oxygen atoms in total. The Morgan fingerprint density at radius 3 is 2.83 bits per heavy atom. The van der Waals surface area contributed by atoms with Crippen molar-refractivity contribution in [1.29, 1.82) is 0 Å². The Morgan fingerprint density at radius 1 is 1.29 bits per heavy atom. The average molecular weight is 447 g/mol. The topological polar surface area (TPSA) is 54.9 Å². The van der Waals surface area contributed by atoms with E-state index < -0.39 is 0 Å². The summed E-state index contributed by atoms with van der Waals surface area (Å²) in [5.74, 6) is 2.56. The lowest BCUT2D eigenvalue weighted by Crippen LogP contribution is -2.37. The van der Waals surface area contributed by atoms with E-state index in [4.69, 9.17) is 9.47 Å². The van der Waals surface area contributed by atoms with Gasteiger partial charge in [-0.2, -0.15) is 0 Å². The molecule has 2 N–H and O–H groups in total. The third-order valence-electron chi connectivity index (χ3n) is 3.70. The number of aliphatic imine (C=N–C) groups is 1. The SMILES string of the molecule is CCOc1cccc(CNC(=NC)NCCCOCC2CC2)c1.I. The van der Waals surface area contributed by atoms with E-state index in [1.54, 1.807) is 7.05 Å². The van der Waals surface area contributed by atoms with Crippen molar-refractivity contribution in [3.8, 4) is 5.75 Å². The van der Waals surface area contributed by atoms with Gasteiger partial charge in [0.1, 0.15) is 5.75 Å². The second-order valence-electron chi connectivity index (χ2n) is 5.80.